The van der Waals surface area contributed by atoms with Gasteiger partial charge >= 0.3 is 6.18 Å². The predicted octanol–water partition coefficient (Wildman–Crippen LogP) is 3.41. The molecule has 2 heterocycles. The van der Waals surface area contributed by atoms with Crippen LogP contribution in [0.3, 0.4) is 0 Å². The fraction of sp³-hybridized carbons (Fsp3) is 0.154. The second-order valence-corrected chi connectivity index (χ2v) is 4.67. The van der Waals surface area contributed by atoms with Crippen LogP contribution in [0.15, 0.2) is 30.9 Å². The summed E-state index contributed by atoms with van der Waals surface area (Å²) in [5.74, 6) is -2.01. The Morgan fingerprint density at radius 1 is 1.09 bits per heavy atom. The molecule has 0 saturated heterocycles. The Balaban J connectivity index is 1.91. The van der Waals surface area contributed by atoms with E-state index in [-0.39, 0.29) is 22.4 Å². The molecule has 0 aliphatic rings. The molecule has 1 aromatic carbocycles. The number of halogens is 5. The van der Waals surface area contributed by atoms with E-state index in [1.165, 1.54) is 6.20 Å². The number of benzene rings is 1. The SMILES string of the molecule is Fc1cc2ncnc(Nc3cnn(CC(F)(F)F)c3)c2cc1F. The summed E-state index contributed by atoms with van der Waals surface area (Å²) in [6.45, 7) is -1.24. The van der Waals surface area contributed by atoms with Crippen LogP contribution in [0.25, 0.3) is 10.9 Å². The summed E-state index contributed by atoms with van der Waals surface area (Å²) in [6.07, 6.45) is -0.978. The molecule has 0 aliphatic heterocycles. The lowest BCUT2D eigenvalue weighted by Gasteiger charge is -2.07. The van der Waals surface area contributed by atoms with Crippen molar-refractivity contribution in [3.63, 3.8) is 0 Å². The summed E-state index contributed by atoms with van der Waals surface area (Å²) < 4.78 is 64.1. The van der Waals surface area contributed by atoms with Crippen molar-refractivity contribution in [3.8, 4) is 0 Å². The lowest BCUT2D eigenvalue weighted by molar-refractivity contribution is -0.142. The minimum Gasteiger partial charge on any atom is -0.337 e. The van der Waals surface area contributed by atoms with E-state index >= 15 is 0 Å². The molecule has 0 amide bonds. The first-order valence-corrected chi connectivity index (χ1v) is 6.28. The van der Waals surface area contributed by atoms with Gasteiger partial charge in [0.15, 0.2) is 11.6 Å². The van der Waals surface area contributed by atoms with Gasteiger partial charge in [-0.05, 0) is 6.07 Å². The molecule has 10 heteroatoms. The molecule has 3 rings (SSSR count). The predicted molar refractivity (Wildman–Crippen MR) is 71.0 cm³/mol. The van der Waals surface area contributed by atoms with Crippen molar-refractivity contribution >= 4 is 22.4 Å². The maximum absolute atomic E-state index is 13.4. The summed E-state index contributed by atoms with van der Waals surface area (Å²) in [7, 11) is 0. The molecular weight excluding hydrogens is 321 g/mol. The standard InChI is InChI=1S/C13H8F5N5/c14-9-1-8-11(2-10(9)15)19-6-20-12(8)22-7-3-21-23(4-7)5-13(16,17)18/h1-4,6H,5H2,(H,19,20,22). The van der Waals surface area contributed by atoms with E-state index < -0.39 is 24.4 Å². The summed E-state index contributed by atoms with van der Waals surface area (Å²) in [5, 5.41) is 6.46. The second-order valence-electron chi connectivity index (χ2n) is 4.67. The molecule has 120 valence electrons. The van der Waals surface area contributed by atoms with Crippen LogP contribution >= 0.6 is 0 Å². The van der Waals surface area contributed by atoms with Gasteiger partial charge in [-0.3, -0.25) is 4.68 Å². The maximum Gasteiger partial charge on any atom is 0.408 e. The number of alkyl halides is 3. The topological polar surface area (TPSA) is 55.6 Å². The third-order valence-corrected chi connectivity index (χ3v) is 2.91. The molecule has 0 aliphatic carbocycles. The fourth-order valence-corrected chi connectivity index (χ4v) is 1.99. The van der Waals surface area contributed by atoms with E-state index in [2.05, 4.69) is 20.4 Å². The smallest absolute Gasteiger partial charge is 0.337 e. The summed E-state index contributed by atoms with van der Waals surface area (Å²) in [4.78, 5) is 7.70. The Morgan fingerprint density at radius 2 is 1.83 bits per heavy atom. The minimum atomic E-state index is -4.40. The monoisotopic (exact) mass is 329 g/mol. The lowest BCUT2D eigenvalue weighted by atomic mass is 10.2. The number of nitrogens with zero attached hydrogens (tertiary/aromatic N) is 4. The number of aromatic nitrogens is 4. The van der Waals surface area contributed by atoms with Crippen molar-refractivity contribution < 1.29 is 22.0 Å². The van der Waals surface area contributed by atoms with Gasteiger partial charge in [-0.15, -0.1) is 0 Å². The molecule has 0 radical (unpaired) electrons. The fourth-order valence-electron chi connectivity index (χ4n) is 1.99. The Morgan fingerprint density at radius 3 is 2.57 bits per heavy atom. The first-order valence-electron chi connectivity index (χ1n) is 6.28. The molecule has 0 unspecified atom stereocenters. The van der Waals surface area contributed by atoms with Crippen LogP contribution in [0.5, 0.6) is 0 Å². The average Bonchev–Trinajstić information content (AvgIpc) is 2.86. The van der Waals surface area contributed by atoms with Crippen molar-refractivity contribution in [2.45, 2.75) is 12.7 Å². The zero-order valence-corrected chi connectivity index (χ0v) is 11.3. The number of rotatable bonds is 3. The second kappa shape index (κ2) is 5.45. The third-order valence-electron chi connectivity index (χ3n) is 2.91. The Labute approximate surface area is 125 Å². The van der Waals surface area contributed by atoms with E-state index in [4.69, 9.17) is 0 Å². The van der Waals surface area contributed by atoms with Crippen LogP contribution in [-0.4, -0.2) is 25.9 Å². The van der Waals surface area contributed by atoms with Gasteiger partial charge in [0, 0.05) is 17.6 Å². The molecule has 0 bridgehead atoms. The molecule has 3 aromatic rings. The highest BCUT2D eigenvalue weighted by Gasteiger charge is 2.28. The van der Waals surface area contributed by atoms with Crippen molar-refractivity contribution in [1.29, 1.82) is 0 Å². The molecule has 2 aromatic heterocycles. The van der Waals surface area contributed by atoms with Crippen LogP contribution in [0.4, 0.5) is 33.5 Å². The maximum atomic E-state index is 13.4. The molecule has 0 fully saturated rings. The molecule has 5 nitrogen and oxygen atoms in total. The highest BCUT2D eigenvalue weighted by molar-refractivity contribution is 5.90. The molecule has 0 saturated carbocycles. The van der Waals surface area contributed by atoms with Crippen molar-refractivity contribution in [2.24, 2.45) is 0 Å². The van der Waals surface area contributed by atoms with Crippen LogP contribution in [-0.2, 0) is 6.54 Å². The first kappa shape index (κ1) is 15.1. The van der Waals surface area contributed by atoms with Gasteiger partial charge in [-0.1, -0.05) is 0 Å². The van der Waals surface area contributed by atoms with E-state index in [1.54, 1.807) is 0 Å². The highest BCUT2D eigenvalue weighted by Crippen LogP contribution is 2.25. The Hall–Kier alpha value is -2.78. The Kier molecular flexibility index (Phi) is 3.58. The highest BCUT2D eigenvalue weighted by atomic mass is 19.4. The van der Waals surface area contributed by atoms with Crippen LogP contribution in [0.1, 0.15) is 0 Å². The van der Waals surface area contributed by atoms with Crippen molar-refractivity contribution in [2.75, 3.05) is 5.32 Å². The van der Waals surface area contributed by atoms with Crippen molar-refractivity contribution in [1.82, 2.24) is 19.7 Å². The first-order chi connectivity index (χ1) is 10.8. The van der Waals surface area contributed by atoms with E-state index in [0.717, 1.165) is 24.7 Å². The minimum absolute atomic E-state index is 0.125. The Bertz CT molecular complexity index is 858. The van der Waals surface area contributed by atoms with Crippen LogP contribution < -0.4 is 5.32 Å². The number of anilines is 2. The molecular formula is C13H8F5N5. The number of fused-ring (bicyclic) bond motifs is 1. The number of hydrogen-bond acceptors (Lipinski definition) is 4. The molecule has 23 heavy (non-hydrogen) atoms. The summed E-state index contributed by atoms with van der Waals surface area (Å²) >= 11 is 0. The van der Waals surface area contributed by atoms with Gasteiger partial charge in [0.05, 0.1) is 17.4 Å². The lowest BCUT2D eigenvalue weighted by Crippen LogP contribution is -2.17. The summed E-state index contributed by atoms with van der Waals surface area (Å²) in [5.41, 5.74) is 0.378. The molecule has 0 atom stereocenters. The van der Waals surface area contributed by atoms with Gasteiger partial charge in [0.2, 0.25) is 0 Å². The van der Waals surface area contributed by atoms with Crippen molar-refractivity contribution in [3.05, 3.63) is 42.5 Å². The van der Waals surface area contributed by atoms with Crippen LogP contribution in [0, 0.1) is 11.6 Å². The zero-order chi connectivity index (χ0) is 16.6. The zero-order valence-electron chi connectivity index (χ0n) is 11.3. The van der Waals surface area contributed by atoms with Gasteiger partial charge in [0.1, 0.15) is 18.7 Å². The third kappa shape index (κ3) is 3.35. The number of hydrogen-bond donors (Lipinski definition) is 1. The normalized spacial score (nSPS) is 11.9. The van der Waals surface area contributed by atoms with Crippen LogP contribution in [0.2, 0.25) is 0 Å². The quantitative estimate of drug-likeness (QED) is 0.748. The number of nitrogens with one attached hydrogen (secondary N) is 1. The van der Waals surface area contributed by atoms with Gasteiger partial charge < -0.3 is 5.32 Å². The van der Waals surface area contributed by atoms with Gasteiger partial charge in [-0.25, -0.2) is 18.7 Å². The summed E-state index contributed by atoms with van der Waals surface area (Å²) in [6, 6.07) is 1.82. The van der Waals surface area contributed by atoms with E-state index in [1.807, 2.05) is 0 Å². The van der Waals surface area contributed by atoms with Gasteiger partial charge in [-0.2, -0.15) is 18.3 Å². The molecule has 1 N–H and O–H groups in total. The van der Waals surface area contributed by atoms with Gasteiger partial charge in [0.25, 0.3) is 0 Å². The van der Waals surface area contributed by atoms with E-state index in [0.29, 0.717) is 4.68 Å². The largest absolute Gasteiger partial charge is 0.408 e. The average molecular weight is 329 g/mol. The molecule has 0 spiro atoms. The van der Waals surface area contributed by atoms with E-state index in [9.17, 15) is 22.0 Å².